The molecule has 3 aromatic heterocycles. The minimum absolute atomic E-state index is 0.0837. The van der Waals surface area contributed by atoms with Crippen molar-refractivity contribution in [2.75, 3.05) is 11.1 Å². The number of nitrogens with zero attached hydrogens (tertiary/aromatic N) is 4. The van der Waals surface area contributed by atoms with Crippen LogP contribution >= 0.6 is 0 Å². The molecule has 1 fully saturated rings. The monoisotopic (exact) mass is 488 g/mol. The molecule has 5 rings (SSSR count). The normalized spacial score (nSPS) is 17.9. The average Bonchev–Trinajstić information content (AvgIpc) is 3.29. The Balaban J connectivity index is 1.41. The van der Waals surface area contributed by atoms with Crippen LogP contribution in [0.3, 0.4) is 0 Å². The number of carbonyl (C=O) groups excluding carboxylic acids is 1. The van der Waals surface area contributed by atoms with Crippen molar-refractivity contribution in [2.45, 2.75) is 57.5 Å². The Bertz CT molecular complexity index is 1410. The lowest BCUT2D eigenvalue weighted by atomic mass is 9.87. The summed E-state index contributed by atoms with van der Waals surface area (Å²) in [4.78, 5) is 25.9. The zero-order chi connectivity index (χ0) is 25.2. The number of aromatic nitrogens is 4. The summed E-state index contributed by atoms with van der Waals surface area (Å²) in [5.41, 5.74) is 8.86. The fourth-order valence-electron chi connectivity index (χ4n) is 4.84. The second kappa shape index (κ2) is 10.0. The molecule has 0 unspecified atom stereocenters. The molecule has 0 bridgehead atoms. The molecule has 1 aliphatic carbocycles. The van der Waals surface area contributed by atoms with E-state index in [1.165, 1.54) is 12.1 Å². The van der Waals surface area contributed by atoms with Gasteiger partial charge in [0.05, 0.1) is 23.6 Å². The number of halogens is 1. The van der Waals surface area contributed by atoms with Crippen LogP contribution in [0.5, 0.6) is 0 Å². The van der Waals surface area contributed by atoms with E-state index in [0.717, 1.165) is 49.9 Å². The van der Waals surface area contributed by atoms with Gasteiger partial charge in [0.2, 0.25) is 0 Å². The van der Waals surface area contributed by atoms with Crippen molar-refractivity contribution in [1.82, 2.24) is 19.4 Å². The smallest absolute Gasteiger partial charge is 0.259 e. The minimum Gasteiger partial charge on any atom is -0.393 e. The number of nitrogen functional groups attached to an aromatic ring is 1. The molecule has 8 nitrogen and oxygen atoms in total. The average molecular weight is 489 g/mol. The van der Waals surface area contributed by atoms with Crippen LogP contribution < -0.4 is 11.1 Å². The molecule has 186 valence electrons. The van der Waals surface area contributed by atoms with Crippen LogP contribution in [0.1, 0.15) is 66.7 Å². The van der Waals surface area contributed by atoms with Gasteiger partial charge in [0.1, 0.15) is 28.8 Å². The highest BCUT2D eigenvalue weighted by molar-refractivity contribution is 6.04. The van der Waals surface area contributed by atoms with E-state index in [1.54, 1.807) is 30.7 Å². The van der Waals surface area contributed by atoms with E-state index in [9.17, 15) is 9.90 Å². The molecule has 1 aromatic carbocycles. The molecule has 1 aliphatic rings. The Morgan fingerprint density at radius 3 is 2.75 bits per heavy atom. The topological polar surface area (TPSA) is 118 Å². The molecule has 9 heteroatoms. The number of nitrogens with two attached hydrogens (primary N) is 1. The van der Waals surface area contributed by atoms with E-state index in [4.69, 9.17) is 5.73 Å². The van der Waals surface area contributed by atoms with Crippen molar-refractivity contribution in [2.24, 2.45) is 0 Å². The maximum atomic E-state index is 15.1. The van der Waals surface area contributed by atoms with Gasteiger partial charge in [0.15, 0.2) is 0 Å². The van der Waals surface area contributed by atoms with Crippen LogP contribution in [0, 0.1) is 5.82 Å². The molecule has 4 N–H and O–H groups in total. The lowest BCUT2D eigenvalue weighted by Gasteiger charge is -2.24. The lowest BCUT2D eigenvalue weighted by molar-refractivity contribution is 0.102. The zero-order valence-corrected chi connectivity index (χ0v) is 20.1. The van der Waals surface area contributed by atoms with Gasteiger partial charge in [-0.05, 0) is 61.9 Å². The molecule has 0 spiro atoms. The first-order valence-electron chi connectivity index (χ1n) is 12.3. The van der Waals surface area contributed by atoms with Crippen molar-refractivity contribution in [3.8, 4) is 11.3 Å². The molecular weight excluding hydrogens is 459 g/mol. The van der Waals surface area contributed by atoms with Gasteiger partial charge in [-0.1, -0.05) is 19.4 Å². The molecule has 0 radical (unpaired) electrons. The van der Waals surface area contributed by atoms with Gasteiger partial charge in [-0.3, -0.25) is 9.20 Å². The van der Waals surface area contributed by atoms with Crippen LogP contribution in [-0.4, -0.2) is 36.5 Å². The van der Waals surface area contributed by atoms with Gasteiger partial charge < -0.3 is 16.2 Å². The predicted molar refractivity (Wildman–Crippen MR) is 136 cm³/mol. The van der Waals surface area contributed by atoms with Crippen molar-refractivity contribution in [3.05, 3.63) is 71.7 Å². The molecule has 36 heavy (non-hydrogen) atoms. The van der Waals surface area contributed by atoms with Crippen LogP contribution in [-0.2, 0) is 6.42 Å². The molecule has 1 amide bonds. The van der Waals surface area contributed by atoms with Gasteiger partial charge in [0.25, 0.3) is 5.91 Å². The molecule has 4 aromatic rings. The SMILES string of the molecule is CCCc1ccnc(NC(=O)c2ccc(-c3cn4c(cnc4[C@H]4CC[C@H](O)CC4)c(N)n3)cc2F)c1. The molecule has 0 aliphatic heterocycles. The maximum absolute atomic E-state index is 15.1. The Morgan fingerprint density at radius 2 is 2.00 bits per heavy atom. The number of hydrogen-bond acceptors (Lipinski definition) is 6. The first-order chi connectivity index (χ1) is 17.4. The fourth-order valence-corrected chi connectivity index (χ4v) is 4.84. The standard InChI is InChI=1S/C27H29FN6O2/c1-2-3-16-10-11-30-24(12-16)33-27(36)20-9-6-18(13-21(20)28)22-15-34-23(25(29)32-22)14-31-26(34)17-4-7-19(35)8-5-17/h6,9-15,17,19,35H,2-5,7-8H2,1H3,(H2,29,32)(H,30,33,36)/t17-,19-. The van der Waals surface area contributed by atoms with E-state index >= 15 is 4.39 Å². The van der Waals surface area contributed by atoms with Crippen molar-refractivity contribution in [3.63, 3.8) is 0 Å². The fraction of sp³-hybridized carbons (Fsp3) is 0.333. The summed E-state index contributed by atoms with van der Waals surface area (Å²) in [5, 5.41) is 12.5. The van der Waals surface area contributed by atoms with E-state index < -0.39 is 11.7 Å². The van der Waals surface area contributed by atoms with Gasteiger partial charge >= 0.3 is 0 Å². The molecular formula is C27H29FN6O2. The predicted octanol–water partition coefficient (Wildman–Crippen LogP) is 4.74. The largest absolute Gasteiger partial charge is 0.393 e. The quantitative estimate of drug-likeness (QED) is 0.361. The summed E-state index contributed by atoms with van der Waals surface area (Å²) in [5.74, 6) is 0.515. The number of hydrogen-bond donors (Lipinski definition) is 3. The Hall–Kier alpha value is -3.85. The van der Waals surface area contributed by atoms with Crippen LogP contribution in [0.25, 0.3) is 16.8 Å². The first-order valence-corrected chi connectivity index (χ1v) is 12.3. The summed E-state index contributed by atoms with van der Waals surface area (Å²) < 4.78 is 17.0. The number of amides is 1. The Morgan fingerprint density at radius 1 is 1.19 bits per heavy atom. The third kappa shape index (κ3) is 4.79. The highest BCUT2D eigenvalue weighted by Crippen LogP contribution is 2.34. The number of rotatable bonds is 6. The van der Waals surface area contributed by atoms with Crippen molar-refractivity contribution >= 4 is 23.1 Å². The highest BCUT2D eigenvalue weighted by atomic mass is 19.1. The zero-order valence-electron chi connectivity index (χ0n) is 20.1. The first kappa shape index (κ1) is 23.9. The third-order valence-corrected chi connectivity index (χ3v) is 6.76. The van der Waals surface area contributed by atoms with Gasteiger partial charge in [-0.2, -0.15) is 0 Å². The molecule has 3 heterocycles. The number of pyridine rings is 1. The number of aliphatic hydroxyl groups excluding tert-OH is 1. The van der Waals surface area contributed by atoms with Gasteiger partial charge in [-0.25, -0.2) is 19.3 Å². The second-order valence-electron chi connectivity index (χ2n) is 9.34. The minimum atomic E-state index is -0.665. The van der Waals surface area contributed by atoms with E-state index in [-0.39, 0.29) is 17.6 Å². The Kier molecular flexibility index (Phi) is 6.65. The van der Waals surface area contributed by atoms with Crippen LogP contribution in [0.15, 0.2) is 48.9 Å². The Labute approximate surface area is 208 Å². The molecule has 1 saturated carbocycles. The lowest BCUT2D eigenvalue weighted by Crippen LogP contribution is -2.18. The third-order valence-electron chi connectivity index (χ3n) is 6.76. The van der Waals surface area contributed by atoms with Gasteiger partial charge in [0, 0.05) is 23.9 Å². The highest BCUT2D eigenvalue weighted by Gasteiger charge is 2.25. The summed E-state index contributed by atoms with van der Waals surface area (Å²) in [6.07, 6.45) is 9.87. The number of imidazole rings is 1. The van der Waals surface area contributed by atoms with Crippen molar-refractivity contribution < 1.29 is 14.3 Å². The number of anilines is 2. The maximum Gasteiger partial charge on any atom is 0.259 e. The number of aliphatic hydroxyl groups is 1. The van der Waals surface area contributed by atoms with Crippen LogP contribution in [0.2, 0.25) is 0 Å². The number of carbonyl (C=O) groups is 1. The molecule has 0 atom stereocenters. The molecule has 0 saturated heterocycles. The number of benzene rings is 1. The van der Waals surface area contributed by atoms with E-state index in [2.05, 4.69) is 27.2 Å². The number of fused-ring (bicyclic) bond motifs is 1. The number of aryl methyl sites for hydroxylation is 1. The number of nitrogens with one attached hydrogen (secondary N) is 1. The van der Waals surface area contributed by atoms with E-state index in [1.807, 2.05) is 10.5 Å². The van der Waals surface area contributed by atoms with Gasteiger partial charge in [-0.15, -0.1) is 0 Å². The summed E-state index contributed by atoms with van der Waals surface area (Å²) in [7, 11) is 0. The van der Waals surface area contributed by atoms with Crippen molar-refractivity contribution in [1.29, 1.82) is 0 Å². The summed E-state index contributed by atoms with van der Waals surface area (Å²) in [6.45, 7) is 2.07. The second-order valence-corrected chi connectivity index (χ2v) is 9.34. The van der Waals surface area contributed by atoms with Crippen LogP contribution in [0.4, 0.5) is 16.0 Å². The summed E-state index contributed by atoms with van der Waals surface area (Å²) >= 11 is 0. The summed E-state index contributed by atoms with van der Waals surface area (Å²) in [6, 6.07) is 8.07. The van der Waals surface area contributed by atoms with E-state index in [0.29, 0.717) is 28.4 Å².